The number of hydrogen-bond acceptors (Lipinski definition) is 6. The summed E-state index contributed by atoms with van der Waals surface area (Å²) in [6, 6.07) is 4.96. The summed E-state index contributed by atoms with van der Waals surface area (Å²) in [7, 11) is 0. The van der Waals surface area contributed by atoms with Gasteiger partial charge in [0.1, 0.15) is 0 Å². The second-order valence-corrected chi connectivity index (χ2v) is 5.42. The maximum Gasteiger partial charge on any atom is 0.276 e. The zero-order valence-corrected chi connectivity index (χ0v) is 12.3. The molecule has 0 radical (unpaired) electrons. The van der Waals surface area contributed by atoms with Crippen molar-refractivity contribution in [2.24, 2.45) is 0 Å². The van der Waals surface area contributed by atoms with E-state index in [1.54, 1.807) is 25.1 Å². The third-order valence-electron chi connectivity index (χ3n) is 2.34. The van der Waals surface area contributed by atoms with Crippen LogP contribution in [0.2, 0.25) is 5.02 Å². The Hall–Kier alpha value is -1.73. The average molecular weight is 313 g/mol. The summed E-state index contributed by atoms with van der Waals surface area (Å²) in [6.07, 6.45) is 0.328. The predicted molar refractivity (Wildman–Crippen MR) is 78.9 cm³/mol. The number of aromatic nitrogens is 2. The molecule has 0 saturated carbocycles. The van der Waals surface area contributed by atoms with Gasteiger partial charge in [0.2, 0.25) is 11.8 Å². The Balaban J connectivity index is 1.79. The Labute approximate surface area is 125 Å². The fourth-order valence-corrected chi connectivity index (χ4v) is 2.27. The van der Waals surface area contributed by atoms with E-state index in [1.807, 2.05) is 0 Å². The summed E-state index contributed by atoms with van der Waals surface area (Å²) in [5.41, 5.74) is 6.71. The molecule has 0 aliphatic carbocycles. The van der Waals surface area contributed by atoms with Gasteiger partial charge < -0.3 is 15.5 Å². The fraction of sp³-hybridized carbons (Fsp3) is 0.250. The van der Waals surface area contributed by atoms with Crippen molar-refractivity contribution in [1.82, 2.24) is 10.2 Å². The van der Waals surface area contributed by atoms with E-state index in [4.69, 9.17) is 21.8 Å². The average Bonchev–Trinajstić information content (AvgIpc) is 2.80. The minimum Gasteiger partial charge on any atom is -0.416 e. The van der Waals surface area contributed by atoms with Crippen molar-refractivity contribution >= 4 is 40.6 Å². The minimum atomic E-state index is -0.115. The highest BCUT2D eigenvalue weighted by molar-refractivity contribution is 7.99. The van der Waals surface area contributed by atoms with E-state index >= 15 is 0 Å². The number of rotatable bonds is 5. The summed E-state index contributed by atoms with van der Waals surface area (Å²) in [5, 5.41) is 11.2. The topological polar surface area (TPSA) is 94.0 Å². The molecule has 1 amide bonds. The first-order valence-corrected chi connectivity index (χ1v) is 7.19. The van der Waals surface area contributed by atoms with E-state index in [-0.39, 0.29) is 5.91 Å². The number of benzene rings is 1. The highest BCUT2D eigenvalue weighted by Gasteiger charge is 2.07. The lowest BCUT2D eigenvalue weighted by atomic mass is 10.2. The molecule has 8 heteroatoms. The normalized spacial score (nSPS) is 10.5. The van der Waals surface area contributed by atoms with E-state index in [1.165, 1.54) is 11.8 Å². The third-order valence-corrected chi connectivity index (χ3v) is 3.51. The van der Waals surface area contributed by atoms with Gasteiger partial charge in [-0.25, -0.2) is 0 Å². The number of halogens is 1. The first-order valence-electron chi connectivity index (χ1n) is 5.82. The number of aryl methyl sites for hydroxylation is 1. The molecule has 3 N–H and O–H groups in total. The number of carbonyl (C=O) groups excluding carboxylic acids is 1. The van der Waals surface area contributed by atoms with Crippen LogP contribution in [0.15, 0.2) is 27.8 Å². The molecule has 20 heavy (non-hydrogen) atoms. The van der Waals surface area contributed by atoms with Crippen LogP contribution in [0.1, 0.15) is 12.3 Å². The maximum atomic E-state index is 11.7. The van der Waals surface area contributed by atoms with Crippen molar-refractivity contribution in [3.05, 3.63) is 29.1 Å². The van der Waals surface area contributed by atoms with Crippen molar-refractivity contribution in [3.63, 3.8) is 0 Å². The molecule has 106 valence electrons. The van der Waals surface area contributed by atoms with Gasteiger partial charge in [0.25, 0.3) is 5.22 Å². The summed E-state index contributed by atoms with van der Waals surface area (Å²) in [6.45, 7) is 1.72. The van der Waals surface area contributed by atoms with Crippen LogP contribution in [-0.2, 0) is 4.79 Å². The highest BCUT2D eigenvalue weighted by Crippen LogP contribution is 2.22. The second kappa shape index (κ2) is 6.62. The first kappa shape index (κ1) is 14.7. The number of nitrogens with two attached hydrogens (primary N) is 1. The smallest absolute Gasteiger partial charge is 0.276 e. The number of carbonyl (C=O) groups is 1. The zero-order chi connectivity index (χ0) is 14.5. The van der Waals surface area contributed by atoms with Crippen LogP contribution < -0.4 is 11.1 Å². The number of hydrogen-bond donors (Lipinski definition) is 2. The van der Waals surface area contributed by atoms with Gasteiger partial charge in [0.05, 0.1) is 10.7 Å². The maximum absolute atomic E-state index is 11.7. The molecule has 0 spiro atoms. The minimum absolute atomic E-state index is 0.115. The summed E-state index contributed by atoms with van der Waals surface area (Å²) >= 11 is 7.15. The van der Waals surface area contributed by atoms with E-state index in [9.17, 15) is 4.79 Å². The van der Waals surface area contributed by atoms with Crippen molar-refractivity contribution in [2.75, 3.05) is 16.8 Å². The van der Waals surface area contributed by atoms with Crippen LogP contribution >= 0.6 is 23.4 Å². The van der Waals surface area contributed by atoms with E-state index in [0.717, 1.165) is 0 Å². The highest BCUT2D eigenvalue weighted by atomic mass is 35.5. The molecule has 0 aliphatic heterocycles. The van der Waals surface area contributed by atoms with Crippen molar-refractivity contribution in [1.29, 1.82) is 0 Å². The van der Waals surface area contributed by atoms with Gasteiger partial charge in [-0.1, -0.05) is 23.4 Å². The predicted octanol–water partition coefficient (Wildman–Crippen LogP) is 2.73. The van der Waals surface area contributed by atoms with Gasteiger partial charge in [-0.15, -0.1) is 10.2 Å². The molecule has 0 aliphatic rings. The molecular formula is C12H13ClN4O2S. The number of nitrogens with one attached hydrogen (secondary N) is 1. The van der Waals surface area contributed by atoms with Crippen LogP contribution in [0.4, 0.5) is 11.4 Å². The zero-order valence-electron chi connectivity index (χ0n) is 10.7. The third kappa shape index (κ3) is 4.14. The molecule has 0 unspecified atom stereocenters. The Morgan fingerprint density at radius 1 is 1.50 bits per heavy atom. The molecule has 1 heterocycles. The monoisotopic (exact) mass is 312 g/mol. The Morgan fingerprint density at radius 2 is 2.30 bits per heavy atom. The summed E-state index contributed by atoms with van der Waals surface area (Å²) < 4.78 is 5.19. The van der Waals surface area contributed by atoms with Crippen molar-refractivity contribution < 1.29 is 9.21 Å². The van der Waals surface area contributed by atoms with Crippen LogP contribution in [0.25, 0.3) is 0 Å². The van der Waals surface area contributed by atoms with Gasteiger partial charge in [-0.2, -0.15) is 0 Å². The summed E-state index contributed by atoms with van der Waals surface area (Å²) in [4.78, 5) is 11.7. The van der Waals surface area contributed by atoms with Crippen molar-refractivity contribution in [3.8, 4) is 0 Å². The van der Waals surface area contributed by atoms with Gasteiger partial charge in [-0.05, 0) is 18.2 Å². The Bertz CT molecular complexity index is 617. The molecule has 0 saturated heterocycles. The second-order valence-electron chi connectivity index (χ2n) is 3.97. The van der Waals surface area contributed by atoms with Crippen LogP contribution in [-0.4, -0.2) is 21.9 Å². The molecule has 1 aromatic heterocycles. The standard InChI is InChI=1S/C12H13ClN4O2S/c1-7-16-17-12(19-7)20-5-4-11(18)15-8-2-3-9(13)10(14)6-8/h2-3,6H,4-5,14H2,1H3,(H,15,18). The number of anilines is 2. The van der Waals surface area contributed by atoms with E-state index in [0.29, 0.717) is 39.7 Å². The van der Waals surface area contributed by atoms with Gasteiger partial charge in [0.15, 0.2) is 0 Å². The number of amides is 1. The molecule has 2 rings (SSSR count). The largest absolute Gasteiger partial charge is 0.416 e. The SMILES string of the molecule is Cc1nnc(SCCC(=O)Nc2ccc(Cl)c(N)c2)o1. The van der Waals surface area contributed by atoms with Crippen LogP contribution in [0.3, 0.4) is 0 Å². The Morgan fingerprint density at radius 3 is 2.95 bits per heavy atom. The lowest BCUT2D eigenvalue weighted by Crippen LogP contribution is -2.12. The molecule has 6 nitrogen and oxygen atoms in total. The van der Waals surface area contributed by atoms with E-state index < -0.39 is 0 Å². The van der Waals surface area contributed by atoms with Crippen LogP contribution in [0.5, 0.6) is 0 Å². The molecular weight excluding hydrogens is 300 g/mol. The van der Waals surface area contributed by atoms with Crippen LogP contribution in [0, 0.1) is 6.92 Å². The first-order chi connectivity index (χ1) is 9.54. The quantitative estimate of drug-likeness (QED) is 0.651. The molecule has 2 aromatic rings. The van der Waals surface area contributed by atoms with E-state index in [2.05, 4.69) is 15.5 Å². The molecule has 0 bridgehead atoms. The molecule has 0 fully saturated rings. The number of nitrogen functional groups attached to an aromatic ring is 1. The lowest BCUT2D eigenvalue weighted by Gasteiger charge is -2.06. The van der Waals surface area contributed by atoms with Gasteiger partial charge in [0, 0.05) is 24.8 Å². The van der Waals surface area contributed by atoms with Crippen molar-refractivity contribution in [2.45, 2.75) is 18.6 Å². The fourth-order valence-electron chi connectivity index (χ4n) is 1.41. The lowest BCUT2D eigenvalue weighted by molar-refractivity contribution is -0.115. The Kier molecular flexibility index (Phi) is 4.86. The molecule has 1 aromatic carbocycles. The van der Waals surface area contributed by atoms with Gasteiger partial charge >= 0.3 is 0 Å². The molecule has 0 atom stereocenters. The summed E-state index contributed by atoms with van der Waals surface area (Å²) in [5.74, 6) is 0.945. The van der Waals surface area contributed by atoms with Gasteiger partial charge in [-0.3, -0.25) is 4.79 Å². The number of nitrogens with zero attached hydrogens (tertiary/aromatic N) is 2. The number of thioether (sulfide) groups is 1.